The predicted octanol–water partition coefficient (Wildman–Crippen LogP) is 0.710. The van der Waals surface area contributed by atoms with E-state index in [1.54, 1.807) is 0 Å². The molecule has 1 unspecified atom stereocenters. The zero-order valence-corrected chi connectivity index (χ0v) is 19.0. The molecule has 1 aliphatic heterocycles. The van der Waals surface area contributed by atoms with Crippen LogP contribution < -0.4 is 16.0 Å². The third-order valence-electron chi connectivity index (χ3n) is 3.97. The molecule has 1 rings (SSSR count). The summed E-state index contributed by atoms with van der Waals surface area (Å²) in [5.74, 6) is 0.634. The molecule has 1 aliphatic rings. The SMILES string of the molecule is CCNC(=NCC(=O)NC(C)(C)C)NCC(C)N1CCN(C)CC1.I. The molecular formula is C17H37IN6O. The topological polar surface area (TPSA) is 72.0 Å². The van der Waals surface area contributed by atoms with Crippen molar-refractivity contribution >= 4 is 35.8 Å². The highest BCUT2D eigenvalue weighted by Crippen LogP contribution is 2.04. The summed E-state index contributed by atoms with van der Waals surface area (Å²) in [6, 6.07) is 0.436. The normalized spacial score (nSPS) is 18.2. The molecule has 0 aromatic heterocycles. The van der Waals surface area contributed by atoms with Gasteiger partial charge in [-0.25, -0.2) is 4.99 Å². The van der Waals surface area contributed by atoms with Gasteiger partial charge in [-0.1, -0.05) is 0 Å². The summed E-state index contributed by atoms with van der Waals surface area (Å²) in [7, 11) is 2.17. The van der Waals surface area contributed by atoms with Crippen LogP contribution in [0.2, 0.25) is 0 Å². The minimum Gasteiger partial charge on any atom is -0.357 e. The second-order valence-corrected chi connectivity index (χ2v) is 7.56. The van der Waals surface area contributed by atoms with Crippen LogP contribution >= 0.6 is 24.0 Å². The first-order valence-electron chi connectivity index (χ1n) is 8.97. The molecule has 3 N–H and O–H groups in total. The number of carbonyl (C=O) groups excluding carboxylic acids is 1. The molecule has 0 aliphatic carbocycles. The second kappa shape index (κ2) is 11.9. The van der Waals surface area contributed by atoms with Gasteiger partial charge in [0.25, 0.3) is 0 Å². The van der Waals surface area contributed by atoms with E-state index in [0.29, 0.717) is 12.0 Å². The van der Waals surface area contributed by atoms with E-state index in [9.17, 15) is 4.79 Å². The number of rotatable bonds is 6. The van der Waals surface area contributed by atoms with E-state index in [-0.39, 0.29) is 42.0 Å². The molecule has 0 spiro atoms. The smallest absolute Gasteiger partial charge is 0.242 e. The third kappa shape index (κ3) is 10.9. The van der Waals surface area contributed by atoms with E-state index in [4.69, 9.17) is 0 Å². The van der Waals surface area contributed by atoms with Gasteiger partial charge in [-0.2, -0.15) is 0 Å². The third-order valence-corrected chi connectivity index (χ3v) is 3.97. The second-order valence-electron chi connectivity index (χ2n) is 7.56. The van der Waals surface area contributed by atoms with Crippen molar-refractivity contribution in [3.05, 3.63) is 0 Å². The van der Waals surface area contributed by atoms with Crippen LogP contribution in [-0.2, 0) is 4.79 Å². The van der Waals surface area contributed by atoms with Gasteiger partial charge in [0.1, 0.15) is 6.54 Å². The number of hydrogen-bond acceptors (Lipinski definition) is 4. The van der Waals surface area contributed by atoms with Crippen LogP contribution in [0.25, 0.3) is 0 Å². The summed E-state index contributed by atoms with van der Waals surface area (Å²) in [4.78, 5) is 21.1. The Hall–Kier alpha value is -0.610. The number of halogens is 1. The molecule has 0 aromatic rings. The minimum absolute atomic E-state index is 0. The Morgan fingerprint density at radius 3 is 2.28 bits per heavy atom. The van der Waals surface area contributed by atoms with Crippen molar-refractivity contribution in [3.8, 4) is 0 Å². The average Bonchev–Trinajstić information content (AvgIpc) is 2.48. The Bertz CT molecular complexity index is 416. The number of likely N-dealkylation sites (N-methyl/N-ethyl adjacent to an activating group) is 1. The number of carbonyl (C=O) groups is 1. The van der Waals surface area contributed by atoms with Gasteiger partial charge in [0.05, 0.1) is 0 Å². The quantitative estimate of drug-likeness (QED) is 0.304. The van der Waals surface area contributed by atoms with Gasteiger partial charge in [0.15, 0.2) is 5.96 Å². The van der Waals surface area contributed by atoms with Crippen molar-refractivity contribution in [1.82, 2.24) is 25.8 Å². The Morgan fingerprint density at radius 1 is 1.16 bits per heavy atom. The van der Waals surface area contributed by atoms with Crippen LogP contribution in [0.15, 0.2) is 4.99 Å². The zero-order chi connectivity index (χ0) is 18.2. The number of piperazine rings is 1. The minimum atomic E-state index is -0.228. The molecule has 0 bridgehead atoms. The monoisotopic (exact) mass is 468 g/mol. The zero-order valence-electron chi connectivity index (χ0n) is 16.7. The number of nitrogens with zero attached hydrogens (tertiary/aromatic N) is 3. The predicted molar refractivity (Wildman–Crippen MR) is 116 cm³/mol. The first-order valence-corrected chi connectivity index (χ1v) is 8.97. The van der Waals surface area contributed by atoms with Crippen molar-refractivity contribution in [1.29, 1.82) is 0 Å². The molecule has 25 heavy (non-hydrogen) atoms. The average molecular weight is 468 g/mol. The van der Waals surface area contributed by atoms with Gasteiger partial charge in [0.2, 0.25) is 5.91 Å². The van der Waals surface area contributed by atoms with E-state index in [0.717, 1.165) is 39.3 Å². The van der Waals surface area contributed by atoms with Crippen molar-refractivity contribution in [3.63, 3.8) is 0 Å². The summed E-state index contributed by atoms with van der Waals surface area (Å²) in [5, 5.41) is 9.47. The molecule has 1 heterocycles. The lowest BCUT2D eigenvalue weighted by molar-refractivity contribution is -0.121. The van der Waals surface area contributed by atoms with Gasteiger partial charge in [0, 0.05) is 50.8 Å². The molecule has 1 saturated heterocycles. The first kappa shape index (κ1) is 24.4. The van der Waals surface area contributed by atoms with E-state index in [1.807, 2.05) is 27.7 Å². The van der Waals surface area contributed by atoms with Crippen molar-refractivity contribution in [2.24, 2.45) is 4.99 Å². The van der Waals surface area contributed by atoms with E-state index < -0.39 is 0 Å². The summed E-state index contributed by atoms with van der Waals surface area (Å²) >= 11 is 0. The molecule has 1 atom stereocenters. The number of nitrogens with one attached hydrogen (secondary N) is 3. The van der Waals surface area contributed by atoms with Gasteiger partial charge in [-0.15, -0.1) is 24.0 Å². The molecule has 0 radical (unpaired) electrons. The van der Waals surface area contributed by atoms with Crippen LogP contribution in [0.1, 0.15) is 34.6 Å². The Labute approximate surface area is 170 Å². The van der Waals surface area contributed by atoms with Crippen LogP contribution in [-0.4, -0.2) is 86.1 Å². The maximum absolute atomic E-state index is 11.9. The lowest BCUT2D eigenvalue weighted by atomic mass is 10.1. The van der Waals surface area contributed by atoms with Crippen LogP contribution in [0.4, 0.5) is 0 Å². The number of guanidine groups is 1. The van der Waals surface area contributed by atoms with Crippen molar-refractivity contribution in [2.75, 3.05) is 52.9 Å². The van der Waals surface area contributed by atoms with Crippen LogP contribution in [0, 0.1) is 0 Å². The molecule has 8 heteroatoms. The maximum Gasteiger partial charge on any atom is 0.242 e. The van der Waals surface area contributed by atoms with Gasteiger partial charge in [-0.05, 0) is 41.7 Å². The van der Waals surface area contributed by atoms with Crippen molar-refractivity contribution in [2.45, 2.75) is 46.2 Å². The lowest BCUT2D eigenvalue weighted by Crippen LogP contribution is -2.52. The Balaban J connectivity index is 0.00000576. The maximum atomic E-state index is 11.9. The molecular weight excluding hydrogens is 431 g/mol. The highest BCUT2D eigenvalue weighted by molar-refractivity contribution is 14.0. The highest BCUT2D eigenvalue weighted by Gasteiger charge is 2.19. The fourth-order valence-electron chi connectivity index (χ4n) is 2.59. The molecule has 0 saturated carbocycles. The molecule has 7 nitrogen and oxygen atoms in total. The molecule has 0 aromatic carbocycles. The summed E-state index contributed by atoms with van der Waals surface area (Å²) in [6.07, 6.45) is 0. The Kier molecular flexibility index (Phi) is 11.6. The van der Waals surface area contributed by atoms with Crippen LogP contribution in [0.5, 0.6) is 0 Å². The summed E-state index contributed by atoms with van der Waals surface area (Å²) in [5.41, 5.74) is -0.228. The summed E-state index contributed by atoms with van der Waals surface area (Å²) in [6.45, 7) is 16.3. The molecule has 1 amide bonds. The fraction of sp³-hybridized carbons (Fsp3) is 0.882. The molecule has 148 valence electrons. The van der Waals surface area contributed by atoms with Crippen molar-refractivity contribution < 1.29 is 4.79 Å². The first-order chi connectivity index (χ1) is 11.2. The van der Waals surface area contributed by atoms with E-state index in [2.05, 4.69) is 44.7 Å². The summed E-state index contributed by atoms with van der Waals surface area (Å²) < 4.78 is 0. The van der Waals surface area contributed by atoms with Crippen LogP contribution in [0.3, 0.4) is 0 Å². The number of aliphatic imine (C=N–C) groups is 1. The van der Waals surface area contributed by atoms with Gasteiger partial charge < -0.3 is 20.9 Å². The van der Waals surface area contributed by atoms with E-state index >= 15 is 0 Å². The largest absolute Gasteiger partial charge is 0.357 e. The van der Waals surface area contributed by atoms with E-state index in [1.165, 1.54) is 0 Å². The number of amides is 1. The van der Waals surface area contributed by atoms with Gasteiger partial charge in [-0.3, -0.25) is 9.69 Å². The fourth-order valence-corrected chi connectivity index (χ4v) is 2.59. The molecule has 1 fully saturated rings. The number of hydrogen-bond donors (Lipinski definition) is 3. The lowest BCUT2D eigenvalue weighted by Gasteiger charge is -2.36. The standard InChI is InChI=1S/C17H36N6O.HI/c1-7-18-16(20-13-15(24)21-17(3,4)5)19-12-14(2)23-10-8-22(6)9-11-23;/h14H,7-13H2,1-6H3,(H,21,24)(H2,18,19,20);1H. The Morgan fingerprint density at radius 2 is 1.76 bits per heavy atom. The van der Waals surface area contributed by atoms with Gasteiger partial charge >= 0.3 is 0 Å². The highest BCUT2D eigenvalue weighted by atomic mass is 127.